The summed E-state index contributed by atoms with van der Waals surface area (Å²) in [5, 5.41) is 0. The molecule has 0 amide bonds. The lowest BCUT2D eigenvalue weighted by Gasteiger charge is -2.22. The van der Waals surface area contributed by atoms with Crippen molar-refractivity contribution in [1.29, 1.82) is 0 Å². The van der Waals surface area contributed by atoms with Gasteiger partial charge in [0, 0.05) is 20.3 Å². The molecular formula is C15H30O4Si. The number of esters is 1. The first-order valence-corrected chi connectivity index (χ1v) is 10.00. The van der Waals surface area contributed by atoms with Crippen molar-refractivity contribution in [2.24, 2.45) is 0 Å². The summed E-state index contributed by atoms with van der Waals surface area (Å²) in [5.74, 6) is -0.325. The molecule has 0 spiro atoms. The van der Waals surface area contributed by atoms with Crippen molar-refractivity contribution in [3.05, 3.63) is 12.7 Å². The van der Waals surface area contributed by atoms with E-state index in [4.69, 9.17) is 13.6 Å². The van der Waals surface area contributed by atoms with Gasteiger partial charge in [-0.25, -0.2) is 4.79 Å². The lowest BCUT2D eigenvalue weighted by atomic mass is 10.1. The van der Waals surface area contributed by atoms with Gasteiger partial charge in [-0.15, -0.1) is 0 Å². The van der Waals surface area contributed by atoms with Gasteiger partial charge in [0.1, 0.15) is 0 Å². The molecule has 5 heteroatoms. The van der Waals surface area contributed by atoms with E-state index < -0.39 is 8.56 Å². The first-order valence-electron chi connectivity index (χ1n) is 7.47. The predicted molar refractivity (Wildman–Crippen MR) is 83.9 cm³/mol. The van der Waals surface area contributed by atoms with E-state index in [1.165, 1.54) is 38.2 Å². The third-order valence-corrected chi connectivity index (χ3v) is 6.54. The fourth-order valence-corrected chi connectivity index (χ4v) is 3.42. The highest BCUT2D eigenvalue weighted by Crippen LogP contribution is 2.17. The second-order valence-electron chi connectivity index (χ2n) is 5.14. The van der Waals surface area contributed by atoms with Gasteiger partial charge in [0.25, 0.3) is 0 Å². The van der Waals surface area contributed by atoms with Crippen LogP contribution in [-0.4, -0.2) is 35.4 Å². The molecule has 0 aliphatic rings. The molecule has 0 aromatic carbocycles. The fraction of sp³-hybridized carbons (Fsp3) is 0.800. The Bertz CT molecular complexity index is 265. The monoisotopic (exact) mass is 302 g/mol. The Morgan fingerprint density at radius 2 is 1.50 bits per heavy atom. The molecule has 0 saturated heterocycles. The first-order chi connectivity index (χ1) is 9.58. The van der Waals surface area contributed by atoms with Gasteiger partial charge >= 0.3 is 14.5 Å². The molecule has 0 rings (SSSR count). The zero-order valence-electron chi connectivity index (χ0n) is 13.3. The summed E-state index contributed by atoms with van der Waals surface area (Å²) in [6.07, 6.45) is 9.39. The molecule has 0 saturated carbocycles. The van der Waals surface area contributed by atoms with E-state index in [2.05, 4.69) is 13.1 Å². The number of rotatable bonds is 13. The molecule has 0 bridgehead atoms. The zero-order valence-corrected chi connectivity index (χ0v) is 14.3. The Morgan fingerprint density at radius 1 is 1.00 bits per heavy atom. The summed E-state index contributed by atoms with van der Waals surface area (Å²) in [5.41, 5.74) is 0. The molecule has 0 unspecified atom stereocenters. The van der Waals surface area contributed by atoms with Gasteiger partial charge < -0.3 is 13.6 Å². The highest BCUT2D eigenvalue weighted by atomic mass is 28.4. The lowest BCUT2D eigenvalue weighted by molar-refractivity contribution is -0.137. The van der Waals surface area contributed by atoms with Crippen LogP contribution < -0.4 is 0 Å². The van der Waals surface area contributed by atoms with Gasteiger partial charge in [-0.05, 0) is 19.0 Å². The number of ether oxygens (including phenoxy) is 1. The summed E-state index contributed by atoms with van der Waals surface area (Å²) >= 11 is 0. The summed E-state index contributed by atoms with van der Waals surface area (Å²) < 4.78 is 15.8. The van der Waals surface area contributed by atoms with Crippen LogP contribution in [0, 0.1) is 0 Å². The average molecular weight is 302 g/mol. The minimum Gasteiger partial charge on any atom is -0.463 e. The molecule has 0 N–H and O–H groups in total. The second kappa shape index (κ2) is 12.1. The van der Waals surface area contributed by atoms with Gasteiger partial charge in [-0.1, -0.05) is 45.1 Å². The Balaban J connectivity index is 3.29. The van der Waals surface area contributed by atoms with Gasteiger partial charge in [0.05, 0.1) is 6.61 Å². The number of carbonyl (C=O) groups excluding carboxylic acids is 1. The summed E-state index contributed by atoms with van der Waals surface area (Å²) in [6.45, 7) is 5.98. The van der Waals surface area contributed by atoms with Crippen molar-refractivity contribution in [2.45, 2.75) is 57.5 Å². The van der Waals surface area contributed by atoms with Crippen molar-refractivity contribution in [1.82, 2.24) is 0 Å². The van der Waals surface area contributed by atoms with E-state index in [1.54, 1.807) is 14.2 Å². The molecule has 118 valence electrons. The third kappa shape index (κ3) is 10.2. The highest BCUT2D eigenvalue weighted by Gasteiger charge is 2.27. The van der Waals surface area contributed by atoms with Gasteiger partial charge in [0.15, 0.2) is 0 Å². The smallest absolute Gasteiger partial charge is 0.334 e. The van der Waals surface area contributed by atoms with Crippen LogP contribution in [0.1, 0.15) is 44.9 Å². The molecule has 4 nitrogen and oxygen atoms in total. The fourth-order valence-electron chi connectivity index (χ4n) is 1.95. The summed E-state index contributed by atoms with van der Waals surface area (Å²) in [7, 11) is 1.64. The van der Waals surface area contributed by atoms with Crippen molar-refractivity contribution in [3.8, 4) is 0 Å². The normalized spacial score (nSPS) is 11.3. The predicted octanol–water partition coefficient (Wildman–Crippen LogP) is 3.81. The van der Waals surface area contributed by atoms with Crippen LogP contribution >= 0.6 is 0 Å². The van der Waals surface area contributed by atoms with E-state index >= 15 is 0 Å². The topological polar surface area (TPSA) is 44.8 Å². The molecule has 0 heterocycles. The molecular weight excluding hydrogens is 272 g/mol. The molecule has 0 aliphatic heterocycles. The molecule has 20 heavy (non-hydrogen) atoms. The molecule has 0 aliphatic carbocycles. The Morgan fingerprint density at radius 3 is 2.00 bits per heavy atom. The standard InChI is InChI=1S/C15H30O4Si/c1-5-15(16)19-13-11-9-7-6-8-10-12-14-20(4,17-2)18-3/h5H,1,6-14H2,2-4H3. The minimum atomic E-state index is -1.85. The van der Waals surface area contributed by atoms with Crippen LogP contribution in [-0.2, 0) is 18.4 Å². The number of hydrogen-bond donors (Lipinski definition) is 0. The van der Waals surface area contributed by atoms with Crippen molar-refractivity contribution >= 4 is 14.5 Å². The maximum Gasteiger partial charge on any atom is 0.334 e. The van der Waals surface area contributed by atoms with Crippen LogP contribution in [0.15, 0.2) is 12.7 Å². The average Bonchev–Trinajstić information content (AvgIpc) is 2.48. The Labute approximate surface area is 124 Å². The molecule has 0 atom stereocenters. The van der Waals surface area contributed by atoms with Crippen molar-refractivity contribution < 1.29 is 18.4 Å². The quantitative estimate of drug-likeness (QED) is 0.225. The molecule has 0 radical (unpaired) electrons. The second-order valence-corrected chi connectivity index (χ2v) is 8.72. The first kappa shape index (κ1) is 19.3. The van der Waals surface area contributed by atoms with Crippen LogP contribution in [0.5, 0.6) is 0 Å². The summed E-state index contributed by atoms with van der Waals surface area (Å²) in [6, 6.07) is 1.07. The zero-order chi connectivity index (χ0) is 15.3. The number of carbonyl (C=O) groups is 1. The minimum absolute atomic E-state index is 0.325. The van der Waals surface area contributed by atoms with Gasteiger partial charge in [-0.2, -0.15) is 0 Å². The lowest BCUT2D eigenvalue weighted by Crippen LogP contribution is -2.35. The Kier molecular flexibility index (Phi) is 11.7. The maximum atomic E-state index is 10.8. The van der Waals surface area contributed by atoms with E-state index in [0.717, 1.165) is 18.9 Å². The van der Waals surface area contributed by atoms with E-state index in [1.807, 2.05) is 0 Å². The van der Waals surface area contributed by atoms with Crippen LogP contribution in [0.25, 0.3) is 0 Å². The van der Waals surface area contributed by atoms with Crippen LogP contribution in [0.2, 0.25) is 12.6 Å². The van der Waals surface area contributed by atoms with Crippen LogP contribution in [0.3, 0.4) is 0 Å². The van der Waals surface area contributed by atoms with Crippen LogP contribution in [0.4, 0.5) is 0 Å². The number of hydrogen-bond acceptors (Lipinski definition) is 4. The van der Waals surface area contributed by atoms with E-state index in [-0.39, 0.29) is 5.97 Å². The van der Waals surface area contributed by atoms with E-state index in [9.17, 15) is 4.79 Å². The molecule has 0 fully saturated rings. The largest absolute Gasteiger partial charge is 0.463 e. The maximum absolute atomic E-state index is 10.8. The van der Waals surface area contributed by atoms with E-state index in [0.29, 0.717) is 6.61 Å². The van der Waals surface area contributed by atoms with Gasteiger partial charge in [-0.3, -0.25) is 0 Å². The van der Waals surface area contributed by atoms with Crippen molar-refractivity contribution in [2.75, 3.05) is 20.8 Å². The number of unbranched alkanes of at least 4 members (excludes halogenated alkanes) is 6. The molecule has 0 aromatic rings. The Hall–Kier alpha value is -0.653. The van der Waals surface area contributed by atoms with Gasteiger partial charge in [0.2, 0.25) is 0 Å². The molecule has 0 aromatic heterocycles. The highest BCUT2D eigenvalue weighted by molar-refractivity contribution is 6.65. The summed E-state index contributed by atoms with van der Waals surface area (Å²) in [4.78, 5) is 10.8. The SMILES string of the molecule is C=CC(=O)OCCCCCCCCC[Si](C)(OC)OC. The third-order valence-electron chi connectivity index (χ3n) is 3.55. The van der Waals surface area contributed by atoms with Crippen molar-refractivity contribution in [3.63, 3.8) is 0 Å².